The first kappa shape index (κ1) is 11.9. The van der Waals surface area contributed by atoms with Crippen molar-refractivity contribution >= 4 is 5.91 Å². The maximum atomic E-state index is 12.0. The minimum absolute atomic E-state index is 0.0796. The Kier molecular flexibility index (Phi) is 3.50. The number of amides is 1. The molecule has 1 saturated heterocycles. The quantitative estimate of drug-likeness (QED) is 0.721. The summed E-state index contributed by atoms with van der Waals surface area (Å²) in [5.41, 5.74) is 5.83. The van der Waals surface area contributed by atoms with Crippen molar-refractivity contribution in [2.45, 2.75) is 38.8 Å². The van der Waals surface area contributed by atoms with Crippen molar-refractivity contribution in [1.29, 1.82) is 0 Å². The monoisotopic (exact) mass is 226 g/mol. The molecule has 0 aromatic carbocycles. The van der Waals surface area contributed by atoms with E-state index in [9.17, 15) is 4.79 Å². The van der Waals surface area contributed by atoms with Crippen molar-refractivity contribution in [3.05, 3.63) is 0 Å². The van der Waals surface area contributed by atoms with Crippen molar-refractivity contribution in [1.82, 2.24) is 5.32 Å². The van der Waals surface area contributed by atoms with Gasteiger partial charge in [-0.15, -0.1) is 0 Å². The Labute approximate surface area is 96.9 Å². The highest BCUT2D eigenvalue weighted by Crippen LogP contribution is 2.31. The number of hydrogen-bond acceptors (Lipinski definition) is 3. The predicted octanol–water partition coefficient (Wildman–Crippen LogP) is 0.511. The van der Waals surface area contributed by atoms with Crippen LogP contribution in [0, 0.1) is 17.8 Å². The average molecular weight is 226 g/mol. The second-order valence-electron chi connectivity index (χ2n) is 5.34. The van der Waals surface area contributed by atoms with E-state index >= 15 is 0 Å². The highest BCUT2D eigenvalue weighted by atomic mass is 16.5. The van der Waals surface area contributed by atoms with E-state index in [2.05, 4.69) is 19.2 Å². The molecule has 4 nitrogen and oxygen atoms in total. The first-order valence-electron chi connectivity index (χ1n) is 6.23. The summed E-state index contributed by atoms with van der Waals surface area (Å²) >= 11 is 0. The van der Waals surface area contributed by atoms with Crippen molar-refractivity contribution in [3.63, 3.8) is 0 Å². The molecule has 2 rings (SSSR count). The third-order valence-corrected chi connectivity index (χ3v) is 4.25. The lowest BCUT2D eigenvalue weighted by molar-refractivity contribution is -0.126. The van der Waals surface area contributed by atoms with Gasteiger partial charge in [0.1, 0.15) is 0 Å². The van der Waals surface area contributed by atoms with E-state index in [1.807, 2.05) is 0 Å². The summed E-state index contributed by atoms with van der Waals surface area (Å²) in [5.74, 6) is 1.21. The van der Waals surface area contributed by atoms with Crippen LogP contribution in [0.3, 0.4) is 0 Å². The smallest absolute Gasteiger partial charge is 0.227 e. The van der Waals surface area contributed by atoms with Crippen LogP contribution in [0.15, 0.2) is 0 Å². The van der Waals surface area contributed by atoms with Crippen LogP contribution >= 0.6 is 0 Å². The van der Waals surface area contributed by atoms with Crippen molar-refractivity contribution in [2.24, 2.45) is 23.5 Å². The van der Waals surface area contributed by atoms with E-state index in [1.54, 1.807) is 0 Å². The molecule has 0 aromatic rings. The molecule has 1 aliphatic heterocycles. The molecule has 0 aromatic heterocycles. The molecule has 5 unspecified atom stereocenters. The van der Waals surface area contributed by atoms with Gasteiger partial charge in [-0.25, -0.2) is 0 Å². The van der Waals surface area contributed by atoms with Gasteiger partial charge in [0.05, 0.1) is 19.1 Å². The second kappa shape index (κ2) is 4.72. The molecule has 1 saturated carbocycles. The van der Waals surface area contributed by atoms with E-state index < -0.39 is 0 Å². The Hall–Kier alpha value is -0.610. The molecular weight excluding hydrogens is 204 g/mol. The zero-order valence-corrected chi connectivity index (χ0v) is 10.1. The van der Waals surface area contributed by atoms with E-state index in [-0.39, 0.29) is 17.9 Å². The number of carbonyl (C=O) groups excluding carboxylic acids is 1. The Morgan fingerprint density at radius 1 is 1.31 bits per heavy atom. The third-order valence-electron chi connectivity index (χ3n) is 4.25. The van der Waals surface area contributed by atoms with Crippen LogP contribution in [0.25, 0.3) is 0 Å². The minimum Gasteiger partial charge on any atom is -0.379 e. The summed E-state index contributed by atoms with van der Waals surface area (Å²) in [4.78, 5) is 12.0. The van der Waals surface area contributed by atoms with Gasteiger partial charge in [-0.05, 0) is 24.7 Å². The Morgan fingerprint density at radius 3 is 2.56 bits per heavy atom. The molecule has 1 heterocycles. The maximum Gasteiger partial charge on any atom is 0.227 e. The van der Waals surface area contributed by atoms with E-state index in [0.29, 0.717) is 31.1 Å². The molecule has 2 aliphatic rings. The van der Waals surface area contributed by atoms with Gasteiger partial charge in [0.15, 0.2) is 0 Å². The number of hydrogen-bond donors (Lipinski definition) is 2. The van der Waals surface area contributed by atoms with Gasteiger partial charge in [0.25, 0.3) is 0 Å². The Morgan fingerprint density at radius 2 is 2.06 bits per heavy atom. The van der Waals surface area contributed by atoms with Crippen LogP contribution in [0.4, 0.5) is 0 Å². The molecule has 4 heteroatoms. The number of nitrogens with one attached hydrogen (secondary N) is 1. The normalized spacial score (nSPS) is 43.6. The van der Waals surface area contributed by atoms with Gasteiger partial charge in [0.2, 0.25) is 5.91 Å². The topological polar surface area (TPSA) is 64.3 Å². The summed E-state index contributed by atoms with van der Waals surface area (Å²) in [6.45, 7) is 5.45. The summed E-state index contributed by atoms with van der Waals surface area (Å²) in [6.07, 6.45) is 2.30. The molecule has 2 fully saturated rings. The molecule has 0 bridgehead atoms. The summed E-state index contributed by atoms with van der Waals surface area (Å²) in [6, 6.07) is 0.199. The maximum absolute atomic E-state index is 12.0. The largest absolute Gasteiger partial charge is 0.379 e. The van der Waals surface area contributed by atoms with E-state index in [4.69, 9.17) is 10.5 Å². The first-order chi connectivity index (χ1) is 7.59. The molecule has 1 aliphatic carbocycles. The number of nitrogens with two attached hydrogens (primary N) is 1. The van der Waals surface area contributed by atoms with E-state index in [1.165, 1.54) is 6.42 Å². The lowest BCUT2D eigenvalue weighted by Gasteiger charge is -2.22. The summed E-state index contributed by atoms with van der Waals surface area (Å²) in [7, 11) is 0. The van der Waals surface area contributed by atoms with Crippen molar-refractivity contribution in [2.75, 3.05) is 13.2 Å². The van der Waals surface area contributed by atoms with Crippen LogP contribution in [0.1, 0.15) is 26.7 Å². The van der Waals surface area contributed by atoms with Crippen molar-refractivity contribution < 1.29 is 9.53 Å². The standard InChI is InChI=1S/C12H22N2O2/c1-7-3-4-11(8(7)2)14-12(15)9-5-16-6-10(9)13/h7-11H,3-6,13H2,1-2H3,(H,14,15). The average Bonchev–Trinajstić information content (AvgIpc) is 2.79. The van der Waals surface area contributed by atoms with Crippen molar-refractivity contribution in [3.8, 4) is 0 Å². The van der Waals surface area contributed by atoms with Gasteiger partial charge in [-0.3, -0.25) is 4.79 Å². The minimum atomic E-state index is -0.150. The van der Waals surface area contributed by atoms with Gasteiger partial charge >= 0.3 is 0 Å². The van der Waals surface area contributed by atoms with Crippen LogP contribution < -0.4 is 11.1 Å². The molecule has 16 heavy (non-hydrogen) atoms. The lowest BCUT2D eigenvalue weighted by Crippen LogP contribution is -2.46. The highest BCUT2D eigenvalue weighted by Gasteiger charge is 2.36. The highest BCUT2D eigenvalue weighted by molar-refractivity contribution is 5.80. The molecule has 5 atom stereocenters. The van der Waals surface area contributed by atoms with Crippen LogP contribution in [-0.2, 0) is 9.53 Å². The molecule has 1 amide bonds. The van der Waals surface area contributed by atoms with E-state index in [0.717, 1.165) is 6.42 Å². The first-order valence-corrected chi connectivity index (χ1v) is 6.23. The second-order valence-corrected chi connectivity index (χ2v) is 5.34. The fourth-order valence-electron chi connectivity index (χ4n) is 2.70. The molecule has 3 N–H and O–H groups in total. The zero-order valence-electron chi connectivity index (χ0n) is 10.1. The van der Waals surface area contributed by atoms with Gasteiger partial charge in [-0.2, -0.15) is 0 Å². The van der Waals surface area contributed by atoms with Gasteiger partial charge < -0.3 is 15.8 Å². The molecule has 0 spiro atoms. The zero-order chi connectivity index (χ0) is 11.7. The number of rotatable bonds is 2. The fourth-order valence-corrected chi connectivity index (χ4v) is 2.70. The molecular formula is C12H22N2O2. The number of ether oxygens (including phenoxy) is 1. The van der Waals surface area contributed by atoms with Gasteiger partial charge in [0, 0.05) is 12.1 Å². The van der Waals surface area contributed by atoms with Crippen LogP contribution in [-0.4, -0.2) is 31.2 Å². The van der Waals surface area contributed by atoms with Gasteiger partial charge in [-0.1, -0.05) is 13.8 Å². The van der Waals surface area contributed by atoms with Crippen LogP contribution in [0.2, 0.25) is 0 Å². The third kappa shape index (κ3) is 2.23. The molecule has 92 valence electrons. The lowest BCUT2D eigenvalue weighted by atomic mass is 9.96. The summed E-state index contributed by atoms with van der Waals surface area (Å²) in [5, 5.41) is 3.13. The Balaban J connectivity index is 1.87. The van der Waals surface area contributed by atoms with Crippen LogP contribution in [0.5, 0.6) is 0 Å². The SMILES string of the molecule is CC1CCC(NC(=O)C2COCC2N)C1C. The molecule has 0 radical (unpaired) electrons. The fraction of sp³-hybridized carbons (Fsp3) is 0.917. The summed E-state index contributed by atoms with van der Waals surface area (Å²) < 4.78 is 5.22. The Bertz CT molecular complexity index is 270. The number of carbonyl (C=O) groups is 1. The predicted molar refractivity (Wildman–Crippen MR) is 61.8 cm³/mol.